The predicted molar refractivity (Wildman–Crippen MR) is 73.7 cm³/mol. The number of benzene rings is 2. The predicted octanol–water partition coefficient (Wildman–Crippen LogP) is 3.86. The minimum absolute atomic E-state index is 0.0739. The fourth-order valence-corrected chi connectivity index (χ4v) is 1.93. The summed E-state index contributed by atoms with van der Waals surface area (Å²) in [7, 11) is 0. The Morgan fingerprint density at radius 3 is 2.68 bits per heavy atom. The largest absolute Gasteiger partial charge is 0.453 e. The Labute approximate surface area is 115 Å². The number of nitrogens with two attached hydrogens (primary N) is 1. The molecule has 3 N–H and O–H groups in total. The summed E-state index contributed by atoms with van der Waals surface area (Å²) in [5.41, 5.74) is 6.58. The third kappa shape index (κ3) is 2.85. The second-order valence-electron chi connectivity index (χ2n) is 4.06. The van der Waals surface area contributed by atoms with E-state index >= 15 is 0 Å². The first kappa shape index (κ1) is 13.4. The van der Waals surface area contributed by atoms with E-state index in [0.29, 0.717) is 0 Å². The SMILES string of the molecule is Cc1ccc(F)c(Oc2cccc(Cl)c2C(=N)N)c1. The fraction of sp³-hybridized carbons (Fsp3) is 0.0714. The number of rotatable bonds is 3. The highest BCUT2D eigenvalue weighted by molar-refractivity contribution is 6.34. The van der Waals surface area contributed by atoms with Gasteiger partial charge in [0.05, 0.1) is 10.6 Å². The molecule has 2 aromatic rings. The lowest BCUT2D eigenvalue weighted by atomic mass is 10.1. The molecule has 2 rings (SSSR count). The van der Waals surface area contributed by atoms with Crippen LogP contribution in [0.1, 0.15) is 11.1 Å². The minimum Gasteiger partial charge on any atom is -0.453 e. The van der Waals surface area contributed by atoms with Crippen LogP contribution >= 0.6 is 11.6 Å². The molecule has 19 heavy (non-hydrogen) atoms. The van der Waals surface area contributed by atoms with Crippen LogP contribution in [0.15, 0.2) is 36.4 Å². The third-order valence-corrected chi connectivity index (χ3v) is 2.87. The molecule has 0 amide bonds. The van der Waals surface area contributed by atoms with Gasteiger partial charge in [-0.2, -0.15) is 0 Å². The molecule has 0 aliphatic carbocycles. The van der Waals surface area contributed by atoms with Crippen molar-refractivity contribution in [1.29, 1.82) is 5.41 Å². The summed E-state index contributed by atoms with van der Waals surface area (Å²) in [6.07, 6.45) is 0. The third-order valence-electron chi connectivity index (χ3n) is 2.55. The van der Waals surface area contributed by atoms with Crippen molar-refractivity contribution in [3.63, 3.8) is 0 Å². The Balaban J connectivity index is 2.46. The van der Waals surface area contributed by atoms with Crippen LogP contribution < -0.4 is 10.5 Å². The first-order valence-corrected chi connectivity index (χ1v) is 5.93. The van der Waals surface area contributed by atoms with Crippen LogP contribution in [0.5, 0.6) is 11.5 Å². The Morgan fingerprint density at radius 2 is 2.00 bits per heavy atom. The van der Waals surface area contributed by atoms with Gasteiger partial charge < -0.3 is 10.5 Å². The molecule has 0 heterocycles. The van der Waals surface area contributed by atoms with Crippen molar-refractivity contribution < 1.29 is 9.13 Å². The quantitative estimate of drug-likeness (QED) is 0.661. The number of aryl methyl sites for hydroxylation is 1. The molecule has 0 aliphatic rings. The van der Waals surface area contributed by atoms with E-state index < -0.39 is 5.82 Å². The van der Waals surface area contributed by atoms with Crippen LogP contribution in [-0.2, 0) is 0 Å². The van der Waals surface area contributed by atoms with Crippen LogP contribution in [-0.4, -0.2) is 5.84 Å². The van der Waals surface area contributed by atoms with E-state index in [0.717, 1.165) is 5.56 Å². The first-order valence-electron chi connectivity index (χ1n) is 5.56. The highest BCUT2D eigenvalue weighted by atomic mass is 35.5. The fourth-order valence-electron chi connectivity index (χ4n) is 1.66. The van der Waals surface area contributed by atoms with E-state index in [-0.39, 0.29) is 27.9 Å². The van der Waals surface area contributed by atoms with Crippen molar-refractivity contribution in [3.05, 3.63) is 58.4 Å². The van der Waals surface area contributed by atoms with E-state index in [1.807, 2.05) is 6.92 Å². The summed E-state index contributed by atoms with van der Waals surface area (Å²) in [4.78, 5) is 0. The number of nitrogen functional groups attached to an aromatic ring is 1. The maximum absolute atomic E-state index is 13.6. The molecular weight excluding hydrogens is 267 g/mol. The molecule has 0 unspecified atom stereocenters. The zero-order chi connectivity index (χ0) is 14.0. The zero-order valence-corrected chi connectivity index (χ0v) is 11.0. The molecular formula is C14H12ClFN2O. The molecule has 0 aliphatic heterocycles. The van der Waals surface area contributed by atoms with Gasteiger partial charge in [0.1, 0.15) is 11.6 Å². The molecule has 5 heteroatoms. The van der Waals surface area contributed by atoms with Crippen molar-refractivity contribution in [2.24, 2.45) is 5.73 Å². The van der Waals surface area contributed by atoms with Gasteiger partial charge in [-0.25, -0.2) is 4.39 Å². The Morgan fingerprint density at radius 1 is 1.26 bits per heavy atom. The van der Waals surface area contributed by atoms with Crippen LogP contribution in [0.3, 0.4) is 0 Å². The first-order chi connectivity index (χ1) is 8.99. The highest BCUT2D eigenvalue weighted by Gasteiger charge is 2.13. The molecule has 0 radical (unpaired) electrons. The lowest BCUT2D eigenvalue weighted by Crippen LogP contribution is -2.13. The maximum Gasteiger partial charge on any atom is 0.165 e. The second kappa shape index (κ2) is 5.28. The van der Waals surface area contributed by atoms with E-state index in [4.69, 9.17) is 27.5 Å². The lowest BCUT2D eigenvalue weighted by Gasteiger charge is -2.12. The molecule has 0 aromatic heterocycles. The van der Waals surface area contributed by atoms with Gasteiger partial charge in [-0.05, 0) is 36.8 Å². The molecule has 0 atom stereocenters. The highest BCUT2D eigenvalue weighted by Crippen LogP contribution is 2.31. The van der Waals surface area contributed by atoms with Crippen molar-refractivity contribution >= 4 is 17.4 Å². The summed E-state index contributed by atoms with van der Waals surface area (Å²) in [6, 6.07) is 9.37. The van der Waals surface area contributed by atoms with Crippen molar-refractivity contribution in [3.8, 4) is 11.5 Å². The average Bonchev–Trinajstić information content (AvgIpc) is 2.33. The van der Waals surface area contributed by atoms with Crippen LogP contribution in [0.25, 0.3) is 0 Å². The molecule has 98 valence electrons. The van der Waals surface area contributed by atoms with Gasteiger partial charge in [-0.3, -0.25) is 5.41 Å². The summed E-state index contributed by atoms with van der Waals surface area (Å²) in [5, 5.41) is 7.79. The van der Waals surface area contributed by atoms with Gasteiger partial charge in [0.2, 0.25) is 0 Å². The van der Waals surface area contributed by atoms with Crippen LogP contribution in [0.2, 0.25) is 5.02 Å². The normalized spacial score (nSPS) is 10.3. The van der Waals surface area contributed by atoms with E-state index in [2.05, 4.69) is 0 Å². The molecule has 0 fully saturated rings. The van der Waals surface area contributed by atoms with Gasteiger partial charge in [-0.1, -0.05) is 23.7 Å². The van der Waals surface area contributed by atoms with Crippen molar-refractivity contribution in [2.45, 2.75) is 6.92 Å². The number of hydrogen-bond donors (Lipinski definition) is 2. The van der Waals surface area contributed by atoms with Crippen molar-refractivity contribution in [1.82, 2.24) is 0 Å². The molecule has 2 aromatic carbocycles. The van der Waals surface area contributed by atoms with E-state index in [9.17, 15) is 4.39 Å². The van der Waals surface area contributed by atoms with Gasteiger partial charge in [0.15, 0.2) is 11.6 Å². The Bertz CT molecular complexity index is 643. The summed E-state index contributed by atoms with van der Waals surface area (Å²) >= 11 is 5.97. The van der Waals surface area contributed by atoms with E-state index in [1.54, 1.807) is 30.3 Å². The van der Waals surface area contributed by atoms with Crippen molar-refractivity contribution in [2.75, 3.05) is 0 Å². The minimum atomic E-state index is -0.486. The lowest BCUT2D eigenvalue weighted by molar-refractivity contribution is 0.441. The monoisotopic (exact) mass is 278 g/mol. The number of ether oxygens (including phenoxy) is 1. The van der Waals surface area contributed by atoms with Gasteiger partial charge in [-0.15, -0.1) is 0 Å². The van der Waals surface area contributed by atoms with Gasteiger partial charge in [0, 0.05) is 0 Å². The molecule has 0 bridgehead atoms. The van der Waals surface area contributed by atoms with Crippen LogP contribution in [0, 0.1) is 18.2 Å². The Kier molecular flexibility index (Phi) is 3.71. The number of halogens is 2. The molecule has 0 saturated carbocycles. The zero-order valence-electron chi connectivity index (χ0n) is 10.2. The molecule has 3 nitrogen and oxygen atoms in total. The van der Waals surface area contributed by atoms with Crippen LogP contribution in [0.4, 0.5) is 4.39 Å². The second-order valence-corrected chi connectivity index (χ2v) is 4.47. The maximum atomic E-state index is 13.6. The smallest absolute Gasteiger partial charge is 0.165 e. The Hall–Kier alpha value is -2.07. The standard InChI is InChI=1S/C14H12ClFN2O/c1-8-5-6-10(16)12(7-8)19-11-4-2-3-9(15)13(11)14(17)18/h2-7H,1H3,(H3,17,18). The van der Waals surface area contributed by atoms with E-state index in [1.165, 1.54) is 6.07 Å². The molecule has 0 saturated heterocycles. The number of nitrogens with one attached hydrogen (secondary N) is 1. The number of amidine groups is 1. The molecule has 0 spiro atoms. The number of hydrogen-bond acceptors (Lipinski definition) is 2. The van der Waals surface area contributed by atoms with Gasteiger partial charge in [0.25, 0.3) is 0 Å². The summed E-state index contributed by atoms with van der Waals surface area (Å²) < 4.78 is 19.1. The topological polar surface area (TPSA) is 59.1 Å². The van der Waals surface area contributed by atoms with Gasteiger partial charge >= 0.3 is 0 Å². The summed E-state index contributed by atoms with van der Waals surface area (Å²) in [6.45, 7) is 1.83. The summed E-state index contributed by atoms with van der Waals surface area (Å²) in [5.74, 6) is -0.386. The average molecular weight is 279 g/mol.